The number of likely N-dealkylation sites (N-methyl/N-ethyl adjacent to an activating group) is 1. The highest BCUT2D eigenvalue weighted by molar-refractivity contribution is 7.90. The number of nitrogens with one attached hydrogen (secondary N) is 1. The summed E-state index contributed by atoms with van der Waals surface area (Å²) in [6, 6.07) is 8.17. The Bertz CT molecular complexity index is 1360. The van der Waals surface area contributed by atoms with Gasteiger partial charge in [-0.1, -0.05) is 12.1 Å². The van der Waals surface area contributed by atoms with Crippen molar-refractivity contribution in [2.45, 2.75) is 11.3 Å². The highest BCUT2D eigenvalue weighted by Gasteiger charge is 2.30. The molecule has 1 aromatic carbocycles. The van der Waals surface area contributed by atoms with E-state index >= 15 is 0 Å². The molecule has 0 bridgehead atoms. The number of nitrogens with zero attached hydrogens (tertiary/aromatic N) is 3. The van der Waals surface area contributed by atoms with Crippen LogP contribution in [0.25, 0.3) is 16.6 Å². The zero-order chi connectivity index (χ0) is 23.6. The van der Waals surface area contributed by atoms with Gasteiger partial charge in [-0.05, 0) is 43.3 Å². The molecule has 2 aliphatic heterocycles. The molecule has 0 saturated carbocycles. The molecule has 1 amide bonds. The van der Waals surface area contributed by atoms with Gasteiger partial charge in [-0.15, -0.1) is 0 Å². The highest BCUT2D eigenvalue weighted by atomic mass is 32.2. The first-order chi connectivity index (χ1) is 15.9. The van der Waals surface area contributed by atoms with Gasteiger partial charge in [0.05, 0.1) is 11.0 Å². The lowest BCUT2D eigenvalue weighted by atomic mass is 10.0. The van der Waals surface area contributed by atoms with E-state index in [1.165, 1.54) is 10.0 Å². The summed E-state index contributed by atoms with van der Waals surface area (Å²) in [6.07, 6.45) is 6.23. The zero-order valence-corrected chi connectivity index (χ0v) is 18.6. The minimum Gasteiger partial charge on any atom is -0.483 e. The predicted molar refractivity (Wildman–Crippen MR) is 122 cm³/mol. The van der Waals surface area contributed by atoms with Gasteiger partial charge in [0, 0.05) is 31.0 Å². The molecule has 2 N–H and O–H groups in total. The second kappa shape index (κ2) is 9.04. The normalized spacial score (nSPS) is 16.0. The third kappa shape index (κ3) is 4.20. The fourth-order valence-electron chi connectivity index (χ4n) is 3.87. The van der Waals surface area contributed by atoms with Gasteiger partial charge in [0.2, 0.25) is 0 Å². The fourth-order valence-corrected chi connectivity index (χ4v) is 5.40. The standard InChI is InChI=1S/C21H20N4O4S.CH2O2/c1-24-10-7-14(8-11-24)15-12-25(16-4-3-9-22-20(15)16)30(27,28)18-6-2-5-17-21(18)23-19(26)13-29-17;2-1-3/h2-7,9,12H,8,10-11,13H2,1H3,(H,23,26);1H,(H,2,3). The highest BCUT2D eigenvalue weighted by Crippen LogP contribution is 2.37. The quantitative estimate of drug-likeness (QED) is 0.556. The summed E-state index contributed by atoms with van der Waals surface area (Å²) in [6.45, 7) is 1.31. The number of carbonyl (C=O) groups is 2. The van der Waals surface area contributed by atoms with Crippen LogP contribution < -0.4 is 10.1 Å². The maximum absolute atomic E-state index is 13.7. The van der Waals surface area contributed by atoms with E-state index in [9.17, 15) is 13.2 Å². The molecule has 4 heterocycles. The van der Waals surface area contributed by atoms with Gasteiger partial charge < -0.3 is 20.1 Å². The molecule has 0 atom stereocenters. The summed E-state index contributed by atoms with van der Waals surface area (Å²) < 4.78 is 34.0. The zero-order valence-electron chi connectivity index (χ0n) is 17.8. The molecule has 0 spiro atoms. The Balaban J connectivity index is 0.000000821. The summed E-state index contributed by atoms with van der Waals surface area (Å²) in [7, 11) is -1.96. The average molecular weight is 471 g/mol. The molecule has 172 valence electrons. The summed E-state index contributed by atoms with van der Waals surface area (Å²) >= 11 is 0. The smallest absolute Gasteiger partial charge is 0.290 e. The Morgan fingerprint density at radius 1 is 1.24 bits per heavy atom. The van der Waals surface area contributed by atoms with E-state index in [0.717, 1.165) is 30.6 Å². The number of rotatable bonds is 3. The molecule has 0 radical (unpaired) electrons. The number of fused-ring (bicyclic) bond motifs is 2. The summed E-state index contributed by atoms with van der Waals surface area (Å²) in [5.41, 5.74) is 3.19. The van der Waals surface area contributed by atoms with Crippen LogP contribution in [-0.4, -0.2) is 66.5 Å². The number of hydrogen-bond donors (Lipinski definition) is 2. The first kappa shape index (κ1) is 22.5. The van der Waals surface area contributed by atoms with Crippen LogP contribution in [0.1, 0.15) is 12.0 Å². The molecule has 2 aliphatic rings. The number of anilines is 1. The second-order valence-electron chi connectivity index (χ2n) is 7.53. The predicted octanol–water partition coefficient (Wildman–Crippen LogP) is 2.02. The number of amides is 1. The number of hydrogen-bond acceptors (Lipinski definition) is 7. The van der Waals surface area contributed by atoms with Crippen LogP contribution >= 0.6 is 0 Å². The van der Waals surface area contributed by atoms with Crippen molar-refractivity contribution in [2.24, 2.45) is 0 Å². The SMILES string of the molecule is CN1CC=C(c2cn(S(=O)(=O)c3cccc4c3NC(=O)CO4)c3cccnc23)CC1.O=CO. The van der Waals surface area contributed by atoms with E-state index in [1.54, 1.807) is 36.7 Å². The van der Waals surface area contributed by atoms with Crippen LogP contribution in [0.15, 0.2) is 53.7 Å². The van der Waals surface area contributed by atoms with Gasteiger partial charge in [-0.25, -0.2) is 12.4 Å². The molecule has 0 aliphatic carbocycles. The van der Waals surface area contributed by atoms with Crippen LogP contribution in [0.3, 0.4) is 0 Å². The molecule has 0 saturated heterocycles. The van der Waals surface area contributed by atoms with Crippen LogP contribution in [0.2, 0.25) is 0 Å². The maximum atomic E-state index is 13.7. The fraction of sp³-hybridized carbons (Fsp3) is 0.227. The number of carbonyl (C=O) groups excluding carboxylic acids is 1. The molecule has 33 heavy (non-hydrogen) atoms. The third-order valence-electron chi connectivity index (χ3n) is 5.43. The Kier molecular flexibility index (Phi) is 6.16. The van der Waals surface area contributed by atoms with E-state index < -0.39 is 10.0 Å². The largest absolute Gasteiger partial charge is 0.483 e. The Hall–Kier alpha value is -3.70. The van der Waals surface area contributed by atoms with Gasteiger partial charge in [-0.3, -0.25) is 14.6 Å². The van der Waals surface area contributed by atoms with Crippen LogP contribution in [0.5, 0.6) is 5.75 Å². The van der Waals surface area contributed by atoms with Crippen molar-refractivity contribution >= 4 is 44.7 Å². The molecule has 0 fully saturated rings. The van der Waals surface area contributed by atoms with Gasteiger partial charge in [-0.2, -0.15) is 0 Å². The molecular formula is C22H22N4O6S. The van der Waals surface area contributed by atoms with Crippen molar-refractivity contribution in [3.8, 4) is 5.75 Å². The first-order valence-corrected chi connectivity index (χ1v) is 11.5. The molecule has 5 rings (SSSR count). The molecule has 0 unspecified atom stereocenters. The van der Waals surface area contributed by atoms with E-state index in [2.05, 4.69) is 21.3 Å². The van der Waals surface area contributed by atoms with Gasteiger partial charge >= 0.3 is 0 Å². The first-order valence-electron chi connectivity index (χ1n) is 10.1. The minimum atomic E-state index is -4.01. The van der Waals surface area contributed by atoms with E-state index in [1.807, 2.05) is 7.05 Å². The number of carboxylic acid groups (broad SMARTS) is 1. The summed E-state index contributed by atoms with van der Waals surface area (Å²) in [5.74, 6) is -0.0511. The Morgan fingerprint density at radius 3 is 2.76 bits per heavy atom. The lowest BCUT2D eigenvalue weighted by Gasteiger charge is -2.21. The second-order valence-corrected chi connectivity index (χ2v) is 9.31. The van der Waals surface area contributed by atoms with Gasteiger partial charge in [0.15, 0.2) is 6.61 Å². The van der Waals surface area contributed by atoms with E-state index in [-0.39, 0.29) is 29.6 Å². The topological polar surface area (TPSA) is 131 Å². The van der Waals surface area contributed by atoms with Crippen molar-refractivity contribution in [1.82, 2.24) is 13.9 Å². The number of pyridine rings is 1. The van der Waals surface area contributed by atoms with Crippen molar-refractivity contribution in [1.29, 1.82) is 0 Å². The van der Waals surface area contributed by atoms with Crippen LogP contribution in [-0.2, 0) is 19.6 Å². The van der Waals surface area contributed by atoms with Gasteiger partial charge in [0.1, 0.15) is 16.3 Å². The van der Waals surface area contributed by atoms with Crippen LogP contribution in [0, 0.1) is 0 Å². The number of benzene rings is 1. The third-order valence-corrected chi connectivity index (χ3v) is 7.15. The summed E-state index contributed by atoms with van der Waals surface area (Å²) in [4.78, 5) is 26.8. The Morgan fingerprint density at radius 2 is 2.03 bits per heavy atom. The minimum absolute atomic E-state index is 0.0160. The van der Waals surface area contributed by atoms with E-state index in [0.29, 0.717) is 16.8 Å². The number of ether oxygens (including phenoxy) is 1. The van der Waals surface area contributed by atoms with Crippen molar-refractivity contribution in [3.05, 3.63) is 54.4 Å². The van der Waals surface area contributed by atoms with Gasteiger partial charge in [0.25, 0.3) is 22.4 Å². The maximum Gasteiger partial charge on any atom is 0.290 e. The lowest BCUT2D eigenvalue weighted by molar-refractivity contribution is -0.123. The summed E-state index contributed by atoms with van der Waals surface area (Å²) in [5, 5.41) is 9.53. The van der Waals surface area contributed by atoms with Crippen molar-refractivity contribution in [2.75, 3.05) is 32.1 Å². The van der Waals surface area contributed by atoms with Crippen molar-refractivity contribution < 1.29 is 27.9 Å². The number of para-hydroxylation sites is 1. The average Bonchev–Trinajstić information content (AvgIpc) is 3.20. The monoisotopic (exact) mass is 470 g/mol. The molecule has 2 aromatic heterocycles. The molecule has 10 nitrogen and oxygen atoms in total. The van der Waals surface area contributed by atoms with Crippen molar-refractivity contribution in [3.63, 3.8) is 0 Å². The Labute approximate surface area is 190 Å². The number of aromatic nitrogens is 2. The van der Waals surface area contributed by atoms with Crippen LogP contribution in [0.4, 0.5) is 5.69 Å². The molecular weight excluding hydrogens is 448 g/mol. The molecule has 3 aromatic rings. The lowest BCUT2D eigenvalue weighted by Crippen LogP contribution is -2.27. The van der Waals surface area contributed by atoms with E-state index in [4.69, 9.17) is 14.6 Å². The molecule has 11 heteroatoms.